The fourth-order valence-corrected chi connectivity index (χ4v) is 4.09. The Bertz CT molecular complexity index is 1190. The Morgan fingerprint density at radius 1 is 1.06 bits per heavy atom. The maximum Gasteiger partial charge on any atom is 0.251 e. The molecule has 2 amide bonds. The van der Waals surface area contributed by atoms with E-state index in [-0.39, 0.29) is 41.3 Å². The van der Waals surface area contributed by atoms with Crippen LogP contribution in [0.4, 0.5) is 14.5 Å². The van der Waals surface area contributed by atoms with Crippen LogP contribution in [0.25, 0.3) is 0 Å². The highest BCUT2D eigenvalue weighted by Gasteiger charge is 2.44. The van der Waals surface area contributed by atoms with Crippen molar-refractivity contribution in [3.05, 3.63) is 99.6 Å². The van der Waals surface area contributed by atoms with Gasteiger partial charge in [-0.05, 0) is 61.4 Å². The SMILES string of the molecule is CC1(C)C(=O)N(Cc2c(F)cccc2Cl)c2cc(C(=O)NCc3ccc(F)cc3)ccc21. The van der Waals surface area contributed by atoms with Crippen molar-refractivity contribution in [2.75, 3.05) is 4.90 Å². The van der Waals surface area contributed by atoms with Gasteiger partial charge >= 0.3 is 0 Å². The Morgan fingerprint density at radius 3 is 2.47 bits per heavy atom. The zero-order valence-corrected chi connectivity index (χ0v) is 18.3. The Kier molecular flexibility index (Phi) is 5.73. The van der Waals surface area contributed by atoms with Crippen molar-refractivity contribution in [2.45, 2.75) is 32.4 Å². The van der Waals surface area contributed by atoms with Crippen LogP contribution in [0.15, 0.2) is 60.7 Å². The van der Waals surface area contributed by atoms with E-state index in [1.807, 2.05) is 0 Å². The molecule has 4 nitrogen and oxygen atoms in total. The molecular formula is C25H21ClF2N2O2. The molecule has 0 spiro atoms. The summed E-state index contributed by atoms with van der Waals surface area (Å²) in [6.45, 7) is 3.79. The minimum absolute atomic E-state index is 0.0403. The summed E-state index contributed by atoms with van der Waals surface area (Å²) in [6, 6.07) is 15.3. The Morgan fingerprint density at radius 2 is 1.78 bits per heavy atom. The summed E-state index contributed by atoms with van der Waals surface area (Å²) in [7, 11) is 0. The molecule has 3 aromatic rings. The maximum absolute atomic E-state index is 14.4. The van der Waals surface area contributed by atoms with Gasteiger partial charge in [-0.2, -0.15) is 0 Å². The van der Waals surface area contributed by atoms with Crippen LogP contribution in [0.2, 0.25) is 5.02 Å². The predicted octanol–water partition coefficient (Wildman–Crippen LogP) is 5.37. The summed E-state index contributed by atoms with van der Waals surface area (Å²) in [4.78, 5) is 27.4. The minimum atomic E-state index is -0.823. The van der Waals surface area contributed by atoms with Crippen molar-refractivity contribution >= 4 is 29.1 Å². The minimum Gasteiger partial charge on any atom is -0.348 e. The molecule has 1 N–H and O–H groups in total. The van der Waals surface area contributed by atoms with E-state index >= 15 is 0 Å². The summed E-state index contributed by atoms with van der Waals surface area (Å²) in [6.07, 6.45) is 0. The first-order valence-corrected chi connectivity index (χ1v) is 10.5. The Labute approximate surface area is 189 Å². The summed E-state index contributed by atoms with van der Waals surface area (Å²) in [5.74, 6) is -1.38. The molecule has 0 saturated heterocycles. The van der Waals surface area contributed by atoms with Gasteiger partial charge in [-0.15, -0.1) is 0 Å². The molecule has 3 aromatic carbocycles. The fraction of sp³-hybridized carbons (Fsp3) is 0.200. The number of nitrogens with one attached hydrogen (secondary N) is 1. The molecule has 0 saturated carbocycles. The molecular weight excluding hydrogens is 434 g/mol. The lowest BCUT2D eigenvalue weighted by molar-refractivity contribution is -0.122. The molecule has 1 aliphatic rings. The first kappa shape index (κ1) is 22.0. The largest absolute Gasteiger partial charge is 0.348 e. The number of hydrogen-bond acceptors (Lipinski definition) is 2. The standard InChI is InChI=1S/C25H21ClF2N2O2/c1-25(2)19-11-8-16(23(31)29-13-15-6-9-17(27)10-7-15)12-22(19)30(24(25)32)14-18-20(26)4-3-5-21(18)28/h3-12H,13-14H2,1-2H3,(H,29,31). The van der Waals surface area contributed by atoms with E-state index in [9.17, 15) is 18.4 Å². The van der Waals surface area contributed by atoms with Gasteiger partial charge < -0.3 is 10.2 Å². The van der Waals surface area contributed by atoms with Gasteiger partial charge in [-0.25, -0.2) is 8.78 Å². The number of halogens is 3. The lowest BCUT2D eigenvalue weighted by atomic mass is 9.86. The molecule has 4 rings (SSSR count). The Hall–Kier alpha value is -3.25. The third-order valence-corrected chi connectivity index (χ3v) is 6.10. The topological polar surface area (TPSA) is 49.4 Å². The second-order valence-electron chi connectivity index (χ2n) is 8.26. The first-order valence-electron chi connectivity index (χ1n) is 10.1. The predicted molar refractivity (Wildman–Crippen MR) is 120 cm³/mol. The quantitative estimate of drug-likeness (QED) is 0.563. The van der Waals surface area contributed by atoms with Gasteiger partial charge in [0.05, 0.1) is 12.0 Å². The van der Waals surface area contributed by atoms with Crippen molar-refractivity contribution < 1.29 is 18.4 Å². The molecule has 0 fully saturated rings. The van der Waals surface area contributed by atoms with Crippen molar-refractivity contribution in [1.29, 1.82) is 0 Å². The van der Waals surface area contributed by atoms with Gasteiger partial charge in [0.1, 0.15) is 11.6 Å². The average Bonchev–Trinajstić information content (AvgIpc) is 2.95. The number of nitrogens with zero attached hydrogens (tertiary/aromatic N) is 1. The molecule has 0 atom stereocenters. The average molecular weight is 455 g/mol. The zero-order valence-electron chi connectivity index (χ0n) is 17.6. The van der Waals surface area contributed by atoms with Crippen molar-refractivity contribution in [3.8, 4) is 0 Å². The second kappa shape index (κ2) is 8.36. The van der Waals surface area contributed by atoms with E-state index < -0.39 is 11.2 Å². The maximum atomic E-state index is 14.4. The van der Waals surface area contributed by atoms with E-state index in [4.69, 9.17) is 11.6 Å². The number of anilines is 1. The second-order valence-corrected chi connectivity index (χ2v) is 8.66. The van der Waals surface area contributed by atoms with Crippen molar-refractivity contribution in [1.82, 2.24) is 5.32 Å². The van der Waals surface area contributed by atoms with Gasteiger partial charge in [-0.1, -0.05) is 35.9 Å². The summed E-state index contributed by atoms with van der Waals surface area (Å²) >= 11 is 6.18. The van der Waals surface area contributed by atoms with Gasteiger partial charge in [0.2, 0.25) is 5.91 Å². The Balaban J connectivity index is 1.62. The van der Waals surface area contributed by atoms with Crippen LogP contribution in [-0.2, 0) is 23.3 Å². The summed E-state index contributed by atoms with van der Waals surface area (Å²) in [5, 5.41) is 3.03. The smallest absolute Gasteiger partial charge is 0.251 e. The van der Waals surface area contributed by atoms with Gasteiger partial charge in [-0.3, -0.25) is 9.59 Å². The number of carbonyl (C=O) groups is 2. The molecule has 0 bridgehead atoms. The molecule has 7 heteroatoms. The number of rotatable bonds is 5. The molecule has 164 valence electrons. The first-order chi connectivity index (χ1) is 15.2. The number of fused-ring (bicyclic) bond motifs is 1. The summed E-state index contributed by atoms with van der Waals surface area (Å²) < 4.78 is 27.4. The number of benzene rings is 3. The van der Waals surface area contributed by atoms with Crippen LogP contribution < -0.4 is 10.2 Å². The fourth-order valence-electron chi connectivity index (χ4n) is 3.87. The van der Waals surface area contributed by atoms with Crippen molar-refractivity contribution in [2.24, 2.45) is 0 Å². The third-order valence-electron chi connectivity index (χ3n) is 5.75. The molecule has 1 heterocycles. The highest BCUT2D eigenvalue weighted by Crippen LogP contribution is 2.43. The molecule has 0 aromatic heterocycles. The van der Waals surface area contributed by atoms with E-state index in [2.05, 4.69) is 5.32 Å². The van der Waals surface area contributed by atoms with Crippen LogP contribution in [0.3, 0.4) is 0 Å². The molecule has 0 radical (unpaired) electrons. The number of carbonyl (C=O) groups excluding carboxylic acids is 2. The van der Waals surface area contributed by atoms with Crippen LogP contribution in [-0.4, -0.2) is 11.8 Å². The highest BCUT2D eigenvalue weighted by molar-refractivity contribution is 6.31. The van der Waals surface area contributed by atoms with Gasteiger partial charge in [0.15, 0.2) is 0 Å². The van der Waals surface area contributed by atoms with E-state index in [1.54, 1.807) is 50.2 Å². The van der Waals surface area contributed by atoms with Gasteiger partial charge in [0.25, 0.3) is 5.91 Å². The van der Waals surface area contributed by atoms with E-state index in [1.165, 1.54) is 29.2 Å². The van der Waals surface area contributed by atoms with Crippen molar-refractivity contribution in [3.63, 3.8) is 0 Å². The van der Waals surface area contributed by atoms with Crippen LogP contribution in [0, 0.1) is 11.6 Å². The number of amides is 2. The van der Waals surface area contributed by atoms with Crippen LogP contribution in [0.5, 0.6) is 0 Å². The van der Waals surface area contributed by atoms with Crippen LogP contribution >= 0.6 is 11.6 Å². The molecule has 1 aliphatic heterocycles. The van der Waals surface area contributed by atoms with Gasteiger partial charge in [0, 0.05) is 28.4 Å². The molecule has 0 aliphatic carbocycles. The lowest BCUT2D eigenvalue weighted by Gasteiger charge is -2.21. The summed E-state index contributed by atoms with van der Waals surface area (Å²) in [5.41, 5.74) is 1.82. The monoisotopic (exact) mass is 454 g/mol. The normalized spacial score (nSPS) is 14.4. The zero-order chi connectivity index (χ0) is 23.0. The lowest BCUT2D eigenvalue weighted by Crippen LogP contribution is -2.36. The number of hydrogen-bond donors (Lipinski definition) is 1. The highest BCUT2D eigenvalue weighted by atomic mass is 35.5. The van der Waals surface area contributed by atoms with Crippen LogP contribution in [0.1, 0.15) is 40.9 Å². The molecule has 32 heavy (non-hydrogen) atoms. The van der Waals surface area contributed by atoms with E-state index in [0.717, 1.165) is 11.1 Å². The third kappa shape index (κ3) is 3.98. The van der Waals surface area contributed by atoms with E-state index in [0.29, 0.717) is 11.3 Å². The molecule has 0 unspecified atom stereocenters.